The summed E-state index contributed by atoms with van der Waals surface area (Å²) in [5.41, 5.74) is 0.663. The molecule has 2 aromatic rings. The molecule has 0 fully saturated rings. The number of carbonyl (C=O) groups is 2. The van der Waals surface area contributed by atoms with E-state index >= 15 is 0 Å². The number of carboxylic acids is 1. The lowest BCUT2D eigenvalue weighted by Gasteiger charge is -2.17. The molecule has 1 amide bonds. The van der Waals surface area contributed by atoms with Crippen LogP contribution in [0.2, 0.25) is 5.02 Å². The summed E-state index contributed by atoms with van der Waals surface area (Å²) in [5, 5.41) is 15.9. The highest BCUT2D eigenvalue weighted by Gasteiger charge is 2.27. The van der Waals surface area contributed by atoms with Gasteiger partial charge in [0.25, 0.3) is 0 Å². The molecule has 0 aliphatic carbocycles. The minimum atomic E-state index is -1.21. The van der Waals surface area contributed by atoms with Gasteiger partial charge in [-0.25, -0.2) is 0 Å². The Balaban J connectivity index is 2.32. The zero-order valence-electron chi connectivity index (χ0n) is 11.9. The first-order chi connectivity index (χ1) is 10.4. The number of aromatic nitrogens is 2. The largest absolute Gasteiger partial charge is 0.481 e. The molecule has 1 heterocycles. The third-order valence-corrected chi connectivity index (χ3v) is 3.31. The van der Waals surface area contributed by atoms with E-state index in [1.807, 2.05) is 0 Å². The van der Waals surface area contributed by atoms with Crippen LogP contribution in [-0.2, 0) is 9.59 Å². The van der Waals surface area contributed by atoms with Crippen LogP contribution in [0.15, 0.2) is 28.8 Å². The number of nitrogens with zero attached hydrogens (tertiary/aromatic N) is 2. The third-order valence-electron chi connectivity index (χ3n) is 3.06. The van der Waals surface area contributed by atoms with Crippen molar-refractivity contribution in [2.75, 3.05) is 0 Å². The number of hydrogen-bond acceptors (Lipinski definition) is 5. The fraction of sp³-hybridized carbons (Fsp3) is 0.286. The Morgan fingerprint density at radius 1 is 1.32 bits per heavy atom. The predicted molar refractivity (Wildman–Crippen MR) is 77.3 cm³/mol. The second-order valence-corrected chi connectivity index (χ2v) is 5.16. The fourth-order valence-electron chi connectivity index (χ4n) is 1.76. The molecule has 2 rings (SSSR count). The van der Waals surface area contributed by atoms with Gasteiger partial charge in [-0.2, -0.15) is 4.98 Å². The summed E-state index contributed by atoms with van der Waals surface area (Å²) in [6.07, 6.45) is 0. The van der Waals surface area contributed by atoms with E-state index in [-0.39, 0.29) is 5.82 Å². The van der Waals surface area contributed by atoms with Crippen LogP contribution >= 0.6 is 11.6 Å². The van der Waals surface area contributed by atoms with Crippen molar-refractivity contribution in [3.05, 3.63) is 46.6 Å². The number of aryl methyl sites for hydroxylation is 1. The van der Waals surface area contributed by atoms with Gasteiger partial charge in [0, 0.05) is 11.9 Å². The Hall–Kier alpha value is -2.41. The molecule has 0 spiro atoms. The van der Waals surface area contributed by atoms with E-state index in [1.54, 1.807) is 31.2 Å². The number of nitrogens with one attached hydrogen (secondary N) is 1. The Bertz CT molecular complexity index is 684. The minimum absolute atomic E-state index is 0.241. The van der Waals surface area contributed by atoms with Crippen LogP contribution in [0.1, 0.15) is 30.2 Å². The summed E-state index contributed by atoms with van der Waals surface area (Å²) in [7, 11) is 0. The fourth-order valence-corrected chi connectivity index (χ4v) is 1.89. The summed E-state index contributed by atoms with van der Waals surface area (Å²) >= 11 is 5.85. The molecule has 0 radical (unpaired) electrons. The van der Waals surface area contributed by atoms with Crippen molar-refractivity contribution >= 4 is 23.5 Å². The third kappa shape index (κ3) is 3.62. The zero-order valence-corrected chi connectivity index (χ0v) is 12.7. The molecule has 2 atom stereocenters. The Kier molecular flexibility index (Phi) is 4.77. The van der Waals surface area contributed by atoms with Crippen molar-refractivity contribution in [1.29, 1.82) is 0 Å². The normalized spacial score (nSPS) is 13.4. The van der Waals surface area contributed by atoms with Crippen molar-refractivity contribution in [2.45, 2.75) is 19.9 Å². The summed E-state index contributed by atoms with van der Waals surface area (Å²) < 4.78 is 4.93. The highest BCUT2D eigenvalue weighted by molar-refractivity contribution is 6.30. The monoisotopic (exact) mass is 323 g/mol. The maximum atomic E-state index is 12.0. The summed E-state index contributed by atoms with van der Waals surface area (Å²) in [6.45, 7) is 2.93. The van der Waals surface area contributed by atoms with Gasteiger partial charge >= 0.3 is 5.97 Å². The van der Waals surface area contributed by atoms with Crippen molar-refractivity contribution in [3.63, 3.8) is 0 Å². The van der Waals surface area contributed by atoms with Gasteiger partial charge in [0.05, 0.1) is 0 Å². The number of aliphatic carboxylic acids is 1. The van der Waals surface area contributed by atoms with Gasteiger partial charge < -0.3 is 14.9 Å². The van der Waals surface area contributed by atoms with E-state index in [0.29, 0.717) is 16.5 Å². The molecular weight excluding hydrogens is 310 g/mol. The van der Waals surface area contributed by atoms with Gasteiger partial charge in [-0.1, -0.05) is 28.9 Å². The smallest absolute Gasteiger partial charge is 0.315 e. The van der Waals surface area contributed by atoms with E-state index in [0.717, 1.165) is 0 Å². The lowest BCUT2D eigenvalue weighted by atomic mass is 10.0. The minimum Gasteiger partial charge on any atom is -0.481 e. The molecular formula is C14H14ClN3O4. The number of rotatable bonds is 5. The predicted octanol–water partition coefficient (Wildman–Crippen LogP) is 1.96. The van der Waals surface area contributed by atoms with Gasteiger partial charge in [0.1, 0.15) is 12.0 Å². The Morgan fingerprint density at radius 2 is 1.95 bits per heavy atom. The molecule has 0 aliphatic heterocycles. The number of carbonyl (C=O) groups excluding carboxylic acids is 1. The van der Waals surface area contributed by atoms with Crippen molar-refractivity contribution in [1.82, 2.24) is 15.5 Å². The van der Waals surface area contributed by atoms with E-state index in [9.17, 15) is 9.59 Å². The zero-order chi connectivity index (χ0) is 16.3. The summed E-state index contributed by atoms with van der Waals surface area (Å²) in [4.78, 5) is 27.0. The molecule has 22 heavy (non-hydrogen) atoms. The van der Waals surface area contributed by atoms with Gasteiger partial charge in [-0.3, -0.25) is 9.59 Å². The number of carboxylic acid groups (broad SMARTS) is 1. The van der Waals surface area contributed by atoms with Crippen molar-refractivity contribution < 1.29 is 19.2 Å². The topological polar surface area (TPSA) is 105 Å². The molecule has 2 unspecified atom stereocenters. The van der Waals surface area contributed by atoms with Crippen LogP contribution in [-0.4, -0.2) is 27.1 Å². The van der Waals surface area contributed by atoms with Crippen LogP contribution in [0.5, 0.6) is 0 Å². The molecule has 116 valence electrons. The first kappa shape index (κ1) is 16.0. The van der Waals surface area contributed by atoms with Crippen LogP contribution < -0.4 is 5.32 Å². The van der Waals surface area contributed by atoms with Crippen LogP contribution in [0.3, 0.4) is 0 Å². The molecule has 0 saturated carbocycles. The Labute approximate surface area is 131 Å². The van der Waals surface area contributed by atoms with Crippen LogP contribution in [0.25, 0.3) is 0 Å². The maximum absolute atomic E-state index is 12.0. The van der Waals surface area contributed by atoms with E-state index < -0.39 is 23.8 Å². The number of benzene rings is 1. The lowest BCUT2D eigenvalue weighted by Crippen LogP contribution is -2.37. The molecule has 8 heteroatoms. The molecule has 0 saturated heterocycles. The van der Waals surface area contributed by atoms with Gasteiger partial charge in [-0.05, 0) is 24.6 Å². The van der Waals surface area contributed by atoms with Crippen molar-refractivity contribution in [2.24, 2.45) is 5.92 Å². The number of halogens is 1. The first-order valence-electron chi connectivity index (χ1n) is 6.47. The standard InChI is InChI=1S/C14H14ClN3O4/c1-7(14(20)21)13(19)17-11(12-16-8(2)22-18-12)9-3-5-10(15)6-4-9/h3-7,11H,1-2H3,(H,17,19)(H,20,21). The average Bonchev–Trinajstić information content (AvgIpc) is 2.91. The quantitative estimate of drug-likeness (QED) is 0.815. The summed E-state index contributed by atoms with van der Waals surface area (Å²) in [5.74, 6) is -2.46. The van der Waals surface area contributed by atoms with E-state index in [1.165, 1.54) is 6.92 Å². The van der Waals surface area contributed by atoms with E-state index in [4.69, 9.17) is 21.2 Å². The number of hydrogen-bond donors (Lipinski definition) is 2. The summed E-state index contributed by atoms with van der Waals surface area (Å²) in [6, 6.07) is 5.99. The Morgan fingerprint density at radius 3 is 2.45 bits per heavy atom. The maximum Gasteiger partial charge on any atom is 0.315 e. The molecule has 1 aromatic carbocycles. The van der Waals surface area contributed by atoms with Gasteiger partial charge in [0.15, 0.2) is 5.82 Å². The average molecular weight is 324 g/mol. The molecule has 0 bridgehead atoms. The first-order valence-corrected chi connectivity index (χ1v) is 6.85. The van der Waals surface area contributed by atoms with E-state index in [2.05, 4.69) is 15.5 Å². The highest BCUT2D eigenvalue weighted by atomic mass is 35.5. The molecule has 2 N–H and O–H groups in total. The second kappa shape index (κ2) is 6.57. The highest BCUT2D eigenvalue weighted by Crippen LogP contribution is 2.22. The van der Waals surface area contributed by atoms with Crippen LogP contribution in [0, 0.1) is 12.8 Å². The van der Waals surface area contributed by atoms with Gasteiger partial charge in [-0.15, -0.1) is 0 Å². The number of amides is 1. The second-order valence-electron chi connectivity index (χ2n) is 4.72. The molecule has 1 aromatic heterocycles. The van der Waals surface area contributed by atoms with Crippen molar-refractivity contribution in [3.8, 4) is 0 Å². The lowest BCUT2D eigenvalue weighted by molar-refractivity contribution is -0.146. The van der Waals surface area contributed by atoms with Crippen LogP contribution in [0.4, 0.5) is 0 Å². The van der Waals surface area contributed by atoms with Gasteiger partial charge in [0.2, 0.25) is 11.8 Å². The molecule has 7 nitrogen and oxygen atoms in total. The molecule has 0 aliphatic rings. The SMILES string of the molecule is Cc1nc(C(NC(=O)C(C)C(=O)O)c2ccc(Cl)cc2)no1.